The number of carbonyl (C=O) groups is 2. The number of amides is 1. The summed E-state index contributed by atoms with van der Waals surface area (Å²) in [6.07, 6.45) is 6.67. The molecule has 2 aliphatic rings. The fourth-order valence-electron chi connectivity index (χ4n) is 4.46. The molecule has 0 spiro atoms. The minimum atomic E-state index is -0.502. The van der Waals surface area contributed by atoms with Crippen molar-refractivity contribution in [2.75, 3.05) is 52.6 Å². The fourth-order valence-corrected chi connectivity index (χ4v) is 4.46. The molecule has 190 valence electrons. The average Bonchev–Trinajstić information content (AvgIpc) is 3.34. The average molecular weight is 491 g/mol. The van der Waals surface area contributed by atoms with Gasteiger partial charge in [-0.25, -0.2) is 4.79 Å². The predicted molar refractivity (Wildman–Crippen MR) is 139 cm³/mol. The number of fused-ring (bicyclic) bond motifs is 1. The lowest BCUT2D eigenvalue weighted by molar-refractivity contribution is -0.117. The number of aliphatic hydroxyl groups is 1. The van der Waals surface area contributed by atoms with Gasteiger partial charge in [-0.15, -0.1) is 0 Å². The van der Waals surface area contributed by atoms with Crippen LogP contribution in [0.15, 0.2) is 60.7 Å². The lowest BCUT2D eigenvalue weighted by atomic mass is 10.0. The molecule has 2 aromatic rings. The van der Waals surface area contributed by atoms with Gasteiger partial charge in [-0.05, 0) is 46.7 Å². The van der Waals surface area contributed by atoms with E-state index in [-0.39, 0.29) is 11.9 Å². The van der Waals surface area contributed by atoms with Crippen LogP contribution in [-0.4, -0.2) is 79.4 Å². The van der Waals surface area contributed by atoms with Crippen molar-refractivity contribution in [1.29, 1.82) is 0 Å². The van der Waals surface area contributed by atoms with Crippen molar-refractivity contribution in [1.82, 2.24) is 9.80 Å². The van der Waals surface area contributed by atoms with E-state index in [9.17, 15) is 9.59 Å². The third-order valence-electron chi connectivity index (χ3n) is 6.55. The highest BCUT2D eigenvalue weighted by Gasteiger charge is 2.20. The van der Waals surface area contributed by atoms with E-state index in [0.29, 0.717) is 26.2 Å². The van der Waals surface area contributed by atoms with Gasteiger partial charge in [0.05, 0.1) is 13.2 Å². The number of carbonyl (C=O) groups excluding carboxylic acids is 2. The maximum Gasteiger partial charge on any atom is 0.410 e. The van der Waals surface area contributed by atoms with Crippen LogP contribution >= 0.6 is 0 Å². The molecule has 7 heteroatoms. The predicted octanol–water partition coefficient (Wildman–Crippen LogP) is 3.56. The SMILES string of the molecule is O=C(/C=C/c1ccc(CN(CCC2=CCc3ccccc32)C(=O)OCCN2CCOCC2)cc1)CO. The van der Waals surface area contributed by atoms with Crippen molar-refractivity contribution in [3.05, 3.63) is 82.9 Å². The first-order valence-corrected chi connectivity index (χ1v) is 12.5. The van der Waals surface area contributed by atoms with Crippen LogP contribution in [0.4, 0.5) is 4.79 Å². The van der Waals surface area contributed by atoms with E-state index in [1.807, 2.05) is 24.3 Å². The first-order chi connectivity index (χ1) is 17.6. The Morgan fingerprint density at radius 3 is 2.64 bits per heavy atom. The maximum atomic E-state index is 13.1. The Hall–Kier alpha value is -3.26. The topological polar surface area (TPSA) is 79.3 Å². The Morgan fingerprint density at radius 1 is 1.08 bits per heavy atom. The minimum absolute atomic E-state index is 0.312. The summed E-state index contributed by atoms with van der Waals surface area (Å²) in [4.78, 5) is 28.4. The molecule has 1 aliphatic carbocycles. The Labute approximate surface area is 212 Å². The van der Waals surface area contributed by atoms with Gasteiger partial charge in [0.25, 0.3) is 0 Å². The van der Waals surface area contributed by atoms with Crippen molar-refractivity contribution in [2.45, 2.75) is 19.4 Å². The van der Waals surface area contributed by atoms with Gasteiger partial charge in [-0.1, -0.05) is 60.7 Å². The Kier molecular flexibility index (Phi) is 9.44. The van der Waals surface area contributed by atoms with Crippen molar-refractivity contribution in [2.24, 2.45) is 0 Å². The molecule has 1 aliphatic heterocycles. The molecule has 1 N–H and O–H groups in total. The second kappa shape index (κ2) is 13.2. The normalized spacial score (nSPS) is 15.5. The Morgan fingerprint density at radius 2 is 1.86 bits per heavy atom. The molecule has 36 heavy (non-hydrogen) atoms. The number of rotatable bonds is 11. The highest BCUT2D eigenvalue weighted by molar-refractivity contribution is 5.94. The number of benzene rings is 2. The summed E-state index contributed by atoms with van der Waals surface area (Å²) in [5.74, 6) is -0.340. The number of hydrogen-bond acceptors (Lipinski definition) is 6. The molecular formula is C29H34N2O5. The molecule has 0 aromatic heterocycles. The van der Waals surface area contributed by atoms with Gasteiger partial charge in [0.2, 0.25) is 0 Å². The lowest BCUT2D eigenvalue weighted by Gasteiger charge is -2.27. The van der Waals surface area contributed by atoms with E-state index < -0.39 is 6.61 Å². The molecular weight excluding hydrogens is 456 g/mol. The molecule has 0 bridgehead atoms. The second-order valence-corrected chi connectivity index (χ2v) is 9.03. The van der Waals surface area contributed by atoms with E-state index in [4.69, 9.17) is 14.6 Å². The molecule has 0 unspecified atom stereocenters. The van der Waals surface area contributed by atoms with Crippen LogP contribution in [0.25, 0.3) is 11.6 Å². The first-order valence-electron chi connectivity index (χ1n) is 12.5. The van der Waals surface area contributed by atoms with E-state index in [1.54, 1.807) is 11.0 Å². The molecule has 1 fully saturated rings. The largest absolute Gasteiger partial charge is 0.448 e. The zero-order valence-corrected chi connectivity index (χ0v) is 20.6. The van der Waals surface area contributed by atoms with E-state index >= 15 is 0 Å². The molecule has 1 amide bonds. The van der Waals surface area contributed by atoms with Crippen LogP contribution < -0.4 is 0 Å². The highest BCUT2D eigenvalue weighted by Crippen LogP contribution is 2.29. The zero-order chi connectivity index (χ0) is 25.2. The summed E-state index contributed by atoms with van der Waals surface area (Å²) >= 11 is 0. The van der Waals surface area contributed by atoms with Gasteiger partial charge in [0, 0.05) is 32.7 Å². The molecule has 2 aromatic carbocycles. The number of allylic oxidation sites excluding steroid dienone is 1. The fraction of sp³-hybridized carbons (Fsp3) is 0.379. The summed E-state index contributed by atoms with van der Waals surface area (Å²) in [5.41, 5.74) is 5.70. The number of ether oxygens (including phenoxy) is 2. The molecule has 4 rings (SSSR count). The zero-order valence-electron chi connectivity index (χ0n) is 20.6. The molecule has 0 saturated carbocycles. The number of nitrogens with zero attached hydrogens (tertiary/aromatic N) is 2. The smallest absolute Gasteiger partial charge is 0.410 e. The highest BCUT2D eigenvalue weighted by atomic mass is 16.6. The van der Waals surface area contributed by atoms with Crippen molar-refractivity contribution < 1.29 is 24.2 Å². The van der Waals surface area contributed by atoms with Gasteiger partial charge < -0.3 is 19.5 Å². The minimum Gasteiger partial charge on any atom is -0.448 e. The van der Waals surface area contributed by atoms with Crippen LogP contribution in [0, 0.1) is 0 Å². The molecule has 1 heterocycles. The van der Waals surface area contributed by atoms with E-state index in [0.717, 1.165) is 50.3 Å². The summed E-state index contributed by atoms with van der Waals surface area (Å²) in [6, 6.07) is 16.1. The van der Waals surface area contributed by atoms with Gasteiger partial charge in [0.1, 0.15) is 13.2 Å². The summed E-state index contributed by atoms with van der Waals surface area (Å²) in [6.45, 7) is 4.70. The van der Waals surface area contributed by atoms with Crippen molar-refractivity contribution in [3.63, 3.8) is 0 Å². The van der Waals surface area contributed by atoms with Gasteiger partial charge in [-0.3, -0.25) is 9.69 Å². The molecule has 0 radical (unpaired) electrons. The summed E-state index contributed by atoms with van der Waals surface area (Å²) in [7, 11) is 0. The number of ketones is 1. The van der Waals surface area contributed by atoms with Crippen LogP contribution in [-0.2, 0) is 27.2 Å². The van der Waals surface area contributed by atoms with Crippen LogP contribution in [0.5, 0.6) is 0 Å². The van der Waals surface area contributed by atoms with Crippen LogP contribution in [0.3, 0.4) is 0 Å². The maximum absolute atomic E-state index is 13.1. The van der Waals surface area contributed by atoms with E-state index in [2.05, 4.69) is 35.2 Å². The first kappa shape index (κ1) is 25.8. The summed E-state index contributed by atoms with van der Waals surface area (Å²) in [5, 5.41) is 8.86. The molecule has 1 saturated heterocycles. The Bertz CT molecular complexity index is 1090. The van der Waals surface area contributed by atoms with Gasteiger partial charge >= 0.3 is 6.09 Å². The number of morpholine rings is 1. The van der Waals surface area contributed by atoms with Crippen molar-refractivity contribution in [3.8, 4) is 0 Å². The van der Waals surface area contributed by atoms with Crippen LogP contribution in [0.1, 0.15) is 28.7 Å². The standard InChI is InChI=1S/C29H34N2O5/c32-22-27(33)12-9-23-5-7-24(8-6-23)21-31(29(34)36-20-17-30-15-18-35-19-16-30)14-13-26-11-10-25-3-1-2-4-28(25)26/h1-9,11-12,32H,10,13-22H2/b12-9+. The van der Waals surface area contributed by atoms with Crippen LogP contribution in [0.2, 0.25) is 0 Å². The quantitative estimate of drug-likeness (QED) is 0.486. The van der Waals surface area contributed by atoms with E-state index in [1.165, 1.54) is 22.8 Å². The van der Waals surface area contributed by atoms with Crippen molar-refractivity contribution >= 4 is 23.5 Å². The number of hydrogen-bond donors (Lipinski definition) is 1. The molecule has 7 nitrogen and oxygen atoms in total. The lowest BCUT2D eigenvalue weighted by Crippen LogP contribution is -2.39. The monoisotopic (exact) mass is 490 g/mol. The van der Waals surface area contributed by atoms with Gasteiger partial charge in [0.15, 0.2) is 5.78 Å². The summed E-state index contributed by atoms with van der Waals surface area (Å²) < 4.78 is 11.1. The Balaban J connectivity index is 1.38. The second-order valence-electron chi connectivity index (χ2n) is 9.03. The number of aliphatic hydroxyl groups excluding tert-OH is 1. The third kappa shape index (κ3) is 7.37. The third-order valence-corrected chi connectivity index (χ3v) is 6.55. The molecule has 0 atom stereocenters. The van der Waals surface area contributed by atoms with Gasteiger partial charge in [-0.2, -0.15) is 0 Å².